The summed E-state index contributed by atoms with van der Waals surface area (Å²) < 4.78 is 0. The van der Waals surface area contributed by atoms with Gasteiger partial charge >= 0.3 is 0 Å². The molecule has 1 aliphatic rings. The molecule has 5 heteroatoms. The summed E-state index contributed by atoms with van der Waals surface area (Å²) in [7, 11) is 0. The number of rotatable bonds is 4. The van der Waals surface area contributed by atoms with Gasteiger partial charge in [-0.3, -0.25) is 4.79 Å². The fourth-order valence-corrected chi connectivity index (χ4v) is 2.56. The highest BCUT2D eigenvalue weighted by Crippen LogP contribution is 2.22. The van der Waals surface area contributed by atoms with Gasteiger partial charge in [-0.05, 0) is 43.6 Å². The maximum absolute atomic E-state index is 12.0. The van der Waals surface area contributed by atoms with E-state index in [1.54, 1.807) is 12.1 Å². The highest BCUT2D eigenvalue weighted by atomic mass is 35.5. The van der Waals surface area contributed by atoms with Crippen molar-refractivity contribution in [2.24, 2.45) is 5.92 Å². The van der Waals surface area contributed by atoms with Crippen LogP contribution in [0, 0.1) is 5.92 Å². The number of hydrogen-bond donors (Lipinski definition) is 2. The van der Waals surface area contributed by atoms with Gasteiger partial charge in [0.2, 0.25) is 0 Å². The van der Waals surface area contributed by atoms with Gasteiger partial charge in [-0.2, -0.15) is 0 Å². The molecular weight excluding hydrogens is 264 g/mol. The molecule has 1 heterocycles. The Kier molecular flexibility index (Phi) is 4.66. The van der Waals surface area contributed by atoms with Gasteiger partial charge in [0.25, 0.3) is 5.91 Å². The van der Waals surface area contributed by atoms with Crippen LogP contribution < -0.4 is 5.32 Å². The summed E-state index contributed by atoms with van der Waals surface area (Å²) in [5.41, 5.74) is 0.273. The van der Waals surface area contributed by atoms with Crippen LogP contribution in [0.5, 0.6) is 5.75 Å². The minimum Gasteiger partial charge on any atom is -0.507 e. The largest absolute Gasteiger partial charge is 0.507 e. The number of phenols is 1. The number of likely N-dealkylation sites (tertiary alicyclic amines) is 1. The van der Waals surface area contributed by atoms with E-state index >= 15 is 0 Å². The summed E-state index contributed by atoms with van der Waals surface area (Å²) in [5, 5.41) is 13.0. The van der Waals surface area contributed by atoms with Crippen molar-refractivity contribution in [1.29, 1.82) is 0 Å². The van der Waals surface area contributed by atoms with Crippen molar-refractivity contribution in [1.82, 2.24) is 10.2 Å². The van der Waals surface area contributed by atoms with Gasteiger partial charge in [0.05, 0.1) is 5.56 Å². The summed E-state index contributed by atoms with van der Waals surface area (Å²) in [6.07, 6.45) is 1.11. The van der Waals surface area contributed by atoms with Crippen LogP contribution in [-0.4, -0.2) is 42.1 Å². The first-order chi connectivity index (χ1) is 9.10. The maximum atomic E-state index is 12.0. The summed E-state index contributed by atoms with van der Waals surface area (Å²) in [6.45, 7) is 5.99. The van der Waals surface area contributed by atoms with Crippen molar-refractivity contribution in [3.05, 3.63) is 28.8 Å². The Hall–Kier alpha value is -1.26. The molecule has 0 saturated carbocycles. The van der Waals surface area contributed by atoms with Gasteiger partial charge in [0.1, 0.15) is 5.75 Å². The number of aromatic hydroxyl groups is 1. The van der Waals surface area contributed by atoms with Gasteiger partial charge in [-0.1, -0.05) is 18.5 Å². The fourth-order valence-electron chi connectivity index (χ4n) is 2.40. The number of hydrogen-bond acceptors (Lipinski definition) is 3. The molecule has 1 fully saturated rings. The fraction of sp³-hybridized carbons (Fsp3) is 0.500. The van der Waals surface area contributed by atoms with Crippen LogP contribution in [0.25, 0.3) is 0 Å². The predicted molar refractivity (Wildman–Crippen MR) is 75.7 cm³/mol. The molecule has 19 heavy (non-hydrogen) atoms. The molecule has 0 radical (unpaired) electrons. The lowest BCUT2D eigenvalue weighted by Crippen LogP contribution is -2.31. The van der Waals surface area contributed by atoms with Gasteiger partial charge in [0, 0.05) is 18.1 Å². The second-order valence-electron chi connectivity index (χ2n) is 4.92. The summed E-state index contributed by atoms with van der Waals surface area (Å²) in [4.78, 5) is 14.3. The normalized spacial score (nSPS) is 19.6. The molecule has 2 rings (SSSR count). The van der Waals surface area contributed by atoms with E-state index in [2.05, 4.69) is 17.1 Å². The van der Waals surface area contributed by atoms with Gasteiger partial charge in [-0.25, -0.2) is 0 Å². The van der Waals surface area contributed by atoms with Gasteiger partial charge in [-0.15, -0.1) is 0 Å². The minimum absolute atomic E-state index is 0.0772. The summed E-state index contributed by atoms with van der Waals surface area (Å²) >= 11 is 5.74. The third-order valence-electron chi connectivity index (χ3n) is 3.57. The molecule has 1 amide bonds. The number of carbonyl (C=O) groups excluding carboxylic acids is 1. The molecule has 0 bridgehead atoms. The van der Waals surface area contributed by atoms with Crippen molar-refractivity contribution in [2.45, 2.75) is 13.3 Å². The highest BCUT2D eigenvalue weighted by Gasteiger charge is 2.22. The molecule has 0 spiro atoms. The van der Waals surface area contributed by atoms with Gasteiger partial charge in [0.15, 0.2) is 0 Å². The van der Waals surface area contributed by atoms with Crippen LogP contribution in [0.1, 0.15) is 23.7 Å². The van der Waals surface area contributed by atoms with E-state index in [0.29, 0.717) is 17.5 Å². The molecular formula is C14H19ClN2O2. The van der Waals surface area contributed by atoms with E-state index in [1.165, 1.54) is 6.07 Å². The topological polar surface area (TPSA) is 52.6 Å². The van der Waals surface area contributed by atoms with Crippen molar-refractivity contribution in [3.8, 4) is 5.75 Å². The quantitative estimate of drug-likeness (QED) is 0.889. The molecule has 2 N–H and O–H groups in total. The SMILES string of the molecule is CCN1CCC(CNC(=O)c2ccc(Cl)cc2O)C1. The number of amides is 1. The molecule has 1 atom stereocenters. The third-order valence-corrected chi connectivity index (χ3v) is 3.81. The van der Waals surface area contributed by atoms with Crippen molar-refractivity contribution in [2.75, 3.05) is 26.2 Å². The van der Waals surface area contributed by atoms with E-state index < -0.39 is 0 Å². The maximum Gasteiger partial charge on any atom is 0.255 e. The van der Waals surface area contributed by atoms with E-state index in [4.69, 9.17) is 11.6 Å². The monoisotopic (exact) mass is 282 g/mol. The second-order valence-corrected chi connectivity index (χ2v) is 5.36. The first-order valence-corrected chi connectivity index (χ1v) is 6.97. The van der Waals surface area contributed by atoms with E-state index in [9.17, 15) is 9.90 Å². The smallest absolute Gasteiger partial charge is 0.255 e. The zero-order valence-corrected chi connectivity index (χ0v) is 11.8. The molecule has 4 nitrogen and oxygen atoms in total. The summed E-state index contributed by atoms with van der Waals surface area (Å²) in [5.74, 6) is 0.175. The number of phenolic OH excluding ortho intramolecular Hbond substituents is 1. The number of halogens is 1. The molecule has 0 aliphatic carbocycles. The van der Waals surface area contributed by atoms with Crippen LogP contribution in [0.15, 0.2) is 18.2 Å². The lowest BCUT2D eigenvalue weighted by molar-refractivity contribution is 0.0945. The van der Waals surface area contributed by atoms with Crippen LogP contribution in [0.3, 0.4) is 0 Å². The zero-order chi connectivity index (χ0) is 13.8. The lowest BCUT2D eigenvalue weighted by Gasteiger charge is -2.14. The molecule has 1 unspecified atom stereocenters. The molecule has 1 aromatic carbocycles. The number of nitrogens with one attached hydrogen (secondary N) is 1. The Bertz CT molecular complexity index is 465. The first kappa shape index (κ1) is 14.2. The highest BCUT2D eigenvalue weighted by molar-refractivity contribution is 6.30. The lowest BCUT2D eigenvalue weighted by atomic mass is 10.1. The first-order valence-electron chi connectivity index (χ1n) is 6.59. The van der Waals surface area contributed by atoms with Crippen LogP contribution >= 0.6 is 11.6 Å². The second kappa shape index (κ2) is 6.26. The van der Waals surface area contributed by atoms with Crippen LogP contribution in [0.2, 0.25) is 5.02 Å². The van der Waals surface area contributed by atoms with Gasteiger partial charge < -0.3 is 15.3 Å². The van der Waals surface area contributed by atoms with Crippen LogP contribution in [-0.2, 0) is 0 Å². The van der Waals surface area contributed by atoms with E-state index in [-0.39, 0.29) is 17.2 Å². The molecule has 1 aromatic rings. The van der Waals surface area contributed by atoms with E-state index in [0.717, 1.165) is 26.1 Å². The van der Waals surface area contributed by atoms with E-state index in [1.807, 2.05) is 0 Å². The Morgan fingerprint density at radius 1 is 1.58 bits per heavy atom. The molecule has 1 saturated heterocycles. The Balaban J connectivity index is 1.88. The Morgan fingerprint density at radius 2 is 2.37 bits per heavy atom. The Morgan fingerprint density at radius 3 is 3.00 bits per heavy atom. The minimum atomic E-state index is -0.246. The molecule has 0 aromatic heterocycles. The predicted octanol–water partition coefficient (Wildman–Crippen LogP) is 2.12. The van der Waals surface area contributed by atoms with Crippen molar-refractivity contribution in [3.63, 3.8) is 0 Å². The summed E-state index contributed by atoms with van der Waals surface area (Å²) in [6, 6.07) is 4.52. The number of benzene rings is 1. The number of carbonyl (C=O) groups is 1. The standard InChI is InChI=1S/C14H19ClN2O2/c1-2-17-6-5-10(9-17)8-16-14(19)12-4-3-11(15)7-13(12)18/h3-4,7,10,18H,2,5-6,8-9H2,1H3,(H,16,19). The average molecular weight is 283 g/mol. The Labute approximate surface area is 118 Å². The third kappa shape index (κ3) is 3.61. The van der Waals surface area contributed by atoms with Crippen molar-refractivity contribution >= 4 is 17.5 Å². The number of nitrogens with zero attached hydrogens (tertiary/aromatic N) is 1. The zero-order valence-electron chi connectivity index (χ0n) is 11.0. The molecule has 104 valence electrons. The van der Waals surface area contributed by atoms with Crippen LogP contribution in [0.4, 0.5) is 0 Å². The average Bonchev–Trinajstić information content (AvgIpc) is 2.84. The van der Waals surface area contributed by atoms with Crippen molar-refractivity contribution < 1.29 is 9.90 Å². The molecule has 1 aliphatic heterocycles.